The van der Waals surface area contributed by atoms with Gasteiger partial charge >= 0.3 is 0 Å². The van der Waals surface area contributed by atoms with Crippen molar-refractivity contribution in [2.24, 2.45) is 5.73 Å². The highest BCUT2D eigenvalue weighted by Gasteiger charge is 2.01. The molecule has 1 heterocycles. The zero-order valence-corrected chi connectivity index (χ0v) is 6.57. The topological polar surface area (TPSA) is 60.9 Å². The van der Waals surface area contributed by atoms with Crippen LogP contribution in [0.25, 0.3) is 0 Å². The van der Waals surface area contributed by atoms with Crippen LogP contribution in [-0.2, 0) is 0 Å². The van der Waals surface area contributed by atoms with Crippen molar-refractivity contribution in [3.05, 3.63) is 18.0 Å². The summed E-state index contributed by atoms with van der Waals surface area (Å²) in [5.74, 6) is -0.495. The molecule has 2 N–H and O–H groups in total. The summed E-state index contributed by atoms with van der Waals surface area (Å²) in [4.78, 5) is 10.4. The lowest BCUT2D eigenvalue weighted by Gasteiger charge is -1.82. The van der Waals surface area contributed by atoms with Crippen molar-refractivity contribution < 1.29 is 4.79 Å². The van der Waals surface area contributed by atoms with E-state index in [4.69, 9.17) is 5.73 Å². The molecule has 0 aliphatic carbocycles. The number of aromatic nitrogens is 2. The van der Waals surface area contributed by atoms with Crippen molar-refractivity contribution in [2.45, 2.75) is 0 Å². The molecule has 1 aromatic rings. The van der Waals surface area contributed by atoms with E-state index < -0.39 is 5.91 Å². The van der Waals surface area contributed by atoms with E-state index in [2.05, 4.69) is 5.10 Å². The van der Waals surface area contributed by atoms with Gasteiger partial charge in [0.05, 0.1) is 22.9 Å². The second-order valence-electron chi connectivity index (χ2n) is 1.45. The summed E-state index contributed by atoms with van der Waals surface area (Å²) in [7, 11) is 0. The summed E-state index contributed by atoms with van der Waals surface area (Å²) in [6.45, 7) is 0. The predicted molar refractivity (Wildman–Crippen MR) is 40.2 cm³/mol. The molecule has 0 aromatic carbocycles. The van der Waals surface area contributed by atoms with Crippen LogP contribution in [0.15, 0.2) is 12.3 Å². The third kappa shape index (κ3) is 1.41. The average Bonchev–Trinajstić information content (AvgIpc) is 2.14. The van der Waals surface area contributed by atoms with Gasteiger partial charge in [-0.1, -0.05) is 0 Å². The molecule has 0 radical (unpaired) electrons. The SMILES string of the molecule is NC(=O)c1ccn(I)n1. The molecule has 9 heavy (non-hydrogen) atoms. The summed E-state index contributed by atoms with van der Waals surface area (Å²) in [5, 5.41) is 3.74. The quantitative estimate of drug-likeness (QED) is 0.708. The number of carbonyl (C=O) groups is 1. The molecule has 0 fully saturated rings. The van der Waals surface area contributed by atoms with Crippen LogP contribution < -0.4 is 5.73 Å². The van der Waals surface area contributed by atoms with Crippen LogP contribution in [-0.4, -0.2) is 13.9 Å². The maximum absolute atomic E-state index is 10.4. The number of carbonyl (C=O) groups excluding carboxylic acids is 1. The van der Waals surface area contributed by atoms with Crippen molar-refractivity contribution in [2.75, 3.05) is 0 Å². The Hall–Kier alpha value is -0.590. The van der Waals surface area contributed by atoms with Gasteiger partial charge in [-0.3, -0.25) is 4.79 Å². The molecule has 0 aliphatic rings. The first-order chi connectivity index (χ1) is 4.20. The van der Waals surface area contributed by atoms with Gasteiger partial charge in [-0.2, -0.15) is 5.10 Å². The van der Waals surface area contributed by atoms with Crippen molar-refractivity contribution in [1.82, 2.24) is 7.99 Å². The van der Waals surface area contributed by atoms with E-state index in [0.29, 0.717) is 5.69 Å². The molecule has 4 nitrogen and oxygen atoms in total. The molecule has 5 heteroatoms. The Labute approximate surface area is 65.5 Å². The van der Waals surface area contributed by atoms with Gasteiger partial charge in [-0.15, -0.1) is 0 Å². The molecule has 0 atom stereocenters. The number of hydrogen-bond donors (Lipinski definition) is 1. The molecular weight excluding hydrogens is 233 g/mol. The maximum Gasteiger partial charge on any atom is 0.269 e. The van der Waals surface area contributed by atoms with Crippen LogP contribution in [0, 0.1) is 0 Å². The van der Waals surface area contributed by atoms with E-state index in [0.717, 1.165) is 0 Å². The Kier molecular flexibility index (Phi) is 1.70. The van der Waals surface area contributed by atoms with E-state index in [1.54, 1.807) is 12.3 Å². The van der Waals surface area contributed by atoms with E-state index in [-0.39, 0.29) is 0 Å². The lowest BCUT2D eigenvalue weighted by molar-refractivity contribution is 0.0995. The Morgan fingerprint density at radius 1 is 1.89 bits per heavy atom. The Bertz CT molecular complexity index is 231. The molecule has 0 saturated carbocycles. The lowest BCUT2D eigenvalue weighted by atomic mass is 10.4. The molecule has 0 saturated heterocycles. The fourth-order valence-electron chi connectivity index (χ4n) is 0.433. The van der Waals surface area contributed by atoms with Gasteiger partial charge in [0.1, 0.15) is 0 Å². The molecule has 1 rings (SSSR count). The normalized spacial score (nSPS) is 9.44. The largest absolute Gasteiger partial charge is 0.364 e. The first kappa shape index (κ1) is 6.53. The number of amides is 1. The second kappa shape index (κ2) is 2.34. The van der Waals surface area contributed by atoms with Gasteiger partial charge in [-0.25, -0.2) is 2.90 Å². The zero-order valence-electron chi connectivity index (χ0n) is 4.41. The standard InChI is InChI=1S/C4H4IN3O/c5-8-2-1-3(7-8)4(6)9/h1-2H,(H2,6,9). The minimum atomic E-state index is -0.495. The highest BCUT2D eigenvalue weighted by atomic mass is 127. The first-order valence-corrected chi connectivity index (χ1v) is 3.18. The van der Waals surface area contributed by atoms with Gasteiger partial charge in [-0.05, 0) is 6.07 Å². The van der Waals surface area contributed by atoms with Crippen LogP contribution in [0.2, 0.25) is 0 Å². The molecule has 0 aliphatic heterocycles. The highest BCUT2D eigenvalue weighted by molar-refractivity contribution is 14.1. The fraction of sp³-hybridized carbons (Fsp3) is 0. The van der Waals surface area contributed by atoms with Crippen LogP contribution >= 0.6 is 22.9 Å². The van der Waals surface area contributed by atoms with E-state index in [9.17, 15) is 4.79 Å². The van der Waals surface area contributed by atoms with Crippen LogP contribution in [0.4, 0.5) is 0 Å². The van der Waals surface area contributed by atoms with Crippen molar-refractivity contribution >= 4 is 28.8 Å². The summed E-state index contributed by atoms with van der Waals surface area (Å²) in [6.07, 6.45) is 1.65. The summed E-state index contributed by atoms with van der Waals surface area (Å²) in [6, 6.07) is 1.56. The minimum absolute atomic E-state index is 0.296. The number of primary amides is 1. The van der Waals surface area contributed by atoms with Gasteiger partial charge in [0.25, 0.3) is 5.91 Å². The number of hydrogen-bond acceptors (Lipinski definition) is 2. The Balaban J connectivity index is 2.98. The lowest BCUT2D eigenvalue weighted by Crippen LogP contribution is -2.11. The molecule has 0 unspecified atom stereocenters. The van der Waals surface area contributed by atoms with Crippen LogP contribution in [0.3, 0.4) is 0 Å². The molecule has 1 amide bonds. The van der Waals surface area contributed by atoms with Gasteiger partial charge in [0, 0.05) is 6.20 Å². The fourth-order valence-corrected chi connectivity index (χ4v) is 0.826. The summed E-state index contributed by atoms with van der Waals surface area (Å²) >= 11 is 1.93. The third-order valence-corrected chi connectivity index (χ3v) is 1.35. The zero-order chi connectivity index (χ0) is 6.85. The molecule has 1 aromatic heterocycles. The van der Waals surface area contributed by atoms with Crippen molar-refractivity contribution in [3.8, 4) is 0 Å². The van der Waals surface area contributed by atoms with Gasteiger partial charge < -0.3 is 5.73 Å². The van der Waals surface area contributed by atoms with Crippen molar-refractivity contribution in [3.63, 3.8) is 0 Å². The molecule has 0 spiro atoms. The number of rotatable bonds is 1. The highest BCUT2D eigenvalue weighted by Crippen LogP contribution is 1.96. The van der Waals surface area contributed by atoms with E-state index >= 15 is 0 Å². The molecule has 0 bridgehead atoms. The molecule has 48 valence electrons. The molecular formula is C4H4IN3O. The second-order valence-corrected chi connectivity index (χ2v) is 2.44. The summed E-state index contributed by atoms with van der Waals surface area (Å²) in [5.41, 5.74) is 5.20. The number of halogens is 1. The smallest absolute Gasteiger partial charge is 0.269 e. The summed E-state index contributed by atoms with van der Waals surface area (Å²) < 4.78 is 1.50. The van der Waals surface area contributed by atoms with Gasteiger partial charge in [0.2, 0.25) is 0 Å². The van der Waals surface area contributed by atoms with Crippen molar-refractivity contribution in [1.29, 1.82) is 0 Å². The van der Waals surface area contributed by atoms with Gasteiger partial charge in [0.15, 0.2) is 5.69 Å². The number of nitrogens with two attached hydrogens (primary N) is 1. The Morgan fingerprint density at radius 2 is 2.56 bits per heavy atom. The van der Waals surface area contributed by atoms with Crippen LogP contribution in [0.1, 0.15) is 10.5 Å². The van der Waals surface area contributed by atoms with Crippen LogP contribution in [0.5, 0.6) is 0 Å². The monoisotopic (exact) mass is 237 g/mol. The Morgan fingerprint density at radius 3 is 2.78 bits per heavy atom. The van der Waals surface area contributed by atoms with E-state index in [1.165, 1.54) is 2.90 Å². The number of nitrogens with zero attached hydrogens (tertiary/aromatic N) is 2. The third-order valence-electron chi connectivity index (χ3n) is 0.811. The average molecular weight is 237 g/mol. The predicted octanol–water partition coefficient (Wildman–Crippen LogP) is 0.180. The van der Waals surface area contributed by atoms with E-state index in [1.807, 2.05) is 22.9 Å². The maximum atomic E-state index is 10.4. The minimum Gasteiger partial charge on any atom is -0.364 e. The first-order valence-electron chi connectivity index (χ1n) is 2.22.